The van der Waals surface area contributed by atoms with E-state index in [0.29, 0.717) is 12.2 Å². The molecule has 0 atom stereocenters. The van der Waals surface area contributed by atoms with Gasteiger partial charge in [0.2, 0.25) is 0 Å². The fourth-order valence-corrected chi connectivity index (χ4v) is 1.95. The first kappa shape index (κ1) is 12.2. The average Bonchev–Trinajstić information content (AvgIpc) is 2.71. The van der Waals surface area contributed by atoms with Gasteiger partial charge < -0.3 is 14.8 Å². The van der Waals surface area contributed by atoms with E-state index in [2.05, 4.69) is 4.98 Å². The van der Waals surface area contributed by atoms with Gasteiger partial charge in [-0.3, -0.25) is 0 Å². The summed E-state index contributed by atoms with van der Waals surface area (Å²) in [5, 5.41) is 9.75. The van der Waals surface area contributed by atoms with Crippen LogP contribution in [0.3, 0.4) is 0 Å². The van der Waals surface area contributed by atoms with Gasteiger partial charge in [0.1, 0.15) is 5.75 Å². The normalized spacial score (nSPS) is 11.8. The quantitative estimate of drug-likeness (QED) is 0.814. The van der Waals surface area contributed by atoms with Crippen molar-refractivity contribution in [2.75, 3.05) is 6.61 Å². The highest BCUT2D eigenvalue weighted by molar-refractivity contribution is 5.98. The first-order valence-electron chi connectivity index (χ1n) is 5.77. The first-order chi connectivity index (χ1) is 8.61. The number of carboxylic acids is 1. The Kier molecular flexibility index (Phi) is 3.37. The summed E-state index contributed by atoms with van der Waals surface area (Å²) >= 11 is 0. The number of allylic oxidation sites excluding steroid dienone is 1. The lowest BCUT2D eigenvalue weighted by molar-refractivity contribution is -0.131. The van der Waals surface area contributed by atoms with Crippen molar-refractivity contribution in [1.82, 2.24) is 4.98 Å². The van der Waals surface area contributed by atoms with Crippen LogP contribution in [0.4, 0.5) is 0 Å². The first-order valence-corrected chi connectivity index (χ1v) is 5.77. The minimum Gasteiger partial charge on any atom is -0.494 e. The maximum Gasteiger partial charge on any atom is 0.328 e. The largest absolute Gasteiger partial charge is 0.494 e. The van der Waals surface area contributed by atoms with Crippen LogP contribution in [0, 0.1) is 0 Å². The second-order valence-electron chi connectivity index (χ2n) is 4.01. The Bertz CT molecular complexity index is 611. The Morgan fingerprint density at radius 1 is 1.50 bits per heavy atom. The molecule has 0 saturated carbocycles. The molecule has 4 nitrogen and oxygen atoms in total. The number of carbonyl (C=O) groups is 1. The average molecular weight is 245 g/mol. The van der Waals surface area contributed by atoms with Crippen LogP contribution in [0.25, 0.3) is 16.5 Å². The second kappa shape index (κ2) is 4.96. The van der Waals surface area contributed by atoms with Crippen molar-refractivity contribution >= 4 is 22.4 Å². The standard InChI is InChI=1S/C14H15NO3/c1-3-18-10-4-5-13-11(7-10)12(8-15-13)9(2)6-14(16)17/h4-8,15H,3H2,1-2H3,(H,16,17)/b9-6+. The molecule has 0 radical (unpaired) electrons. The zero-order chi connectivity index (χ0) is 13.1. The van der Waals surface area contributed by atoms with Crippen LogP contribution in [0.1, 0.15) is 19.4 Å². The molecular weight excluding hydrogens is 230 g/mol. The number of hydrogen-bond acceptors (Lipinski definition) is 2. The van der Waals surface area contributed by atoms with Crippen molar-refractivity contribution in [3.05, 3.63) is 36.0 Å². The third-order valence-electron chi connectivity index (χ3n) is 2.73. The van der Waals surface area contributed by atoms with Crippen molar-refractivity contribution in [2.45, 2.75) is 13.8 Å². The zero-order valence-electron chi connectivity index (χ0n) is 10.4. The minimum absolute atomic E-state index is 0.606. The molecule has 1 aromatic carbocycles. The number of rotatable bonds is 4. The lowest BCUT2D eigenvalue weighted by Crippen LogP contribution is -1.91. The molecule has 2 rings (SSSR count). The molecule has 0 aliphatic rings. The van der Waals surface area contributed by atoms with Gasteiger partial charge in [0.05, 0.1) is 6.61 Å². The molecule has 4 heteroatoms. The molecule has 0 amide bonds. The summed E-state index contributed by atoms with van der Waals surface area (Å²) in [7, 11) is 0. The number of nitrogens with one attached hydrogen (secondary N) is 1. The summed E-state index contributed by atoms with van der Waals surface area (Å²) in [5.74, 6) is -0.156. The molecule has 1 aromatic heterocycles. The van der Waals surface area contributed by atoms with Crippen LogP contribution in [-0.2, 0) is 4.79 Å². The predicted octanol–water partition coefficient (Wildman–Crippen LogP) is 3.05. The fraction of sp³-hybridized carbons (Fsp3) is 0.214. The summed E-state index contributed by atoms with van der Waals surface area (Å²) in [5.41, 5.74) is 2.56. The van der Waals surface area contributed by atoms with E-state index in [-0.39, 0.29) is 0 Å². The number of ether oxygens (including phenoxy) is 1. The van der Waals surface area contributed by atoms with Crippen LogP contribution in [0.2, 0.25) is 0 Å². The second-order valence-corrected chi connectivity index (χ2v) is 4.01. The molecule has 0 fully saturated rings. The van der Waals surface area contributed by atoms with E-state index in [0.717, 1.165) is 22.2 Å². The van der Waals surface area contributed by atoms with Crippen molar-refractivity contribution in [2.24, 2.45) is 0 Å². The van der Waals surface area contributed by atoms with E-state index in [1.807, 2.05) is 31.3 Å². The van der Waals surface area contributed by atoms with E-state index in [9.17, 15) is 4.79 Å². The van der Waals surface area contributed by atoms with E-state index in [4.69, 9.17) is 9.84 Å². The molecule has 2 aromatic rings. The summed E-state index contributed by atoms with van der Waals surface area (Å²) in [6.45, 7) is 4.32. The van der Waals surface area contributed by atoms with Gasteiger partial charge in [-0.25, -0.2) is 4.79 Å². The number of H-pyrrole nitrogens is 1. The predicted molar refractivity (Wildman–Crippen MR) is 70.8 cm³/mol. The Balaban J connectivity index is 2.51. The summed E-state index contributed by atoms with van der Waals surface area (Å²) in [6.07, 6.45) is 3.02. The highest BCUT2D eigenvalue weighted by atomic mass is 16.5. The number of carboxylic acid groups (broad SMARTS) is 1. The third kappa shape index (κ3) is 2.37. The van der Waals surface area contributed by atoms with Gasteiger partial charge in [-0.1, -0.05) is 0 Å². The highest BCUT2D eigenvalue weighted by Gasteiger charge is 2.07. The summed E-state index contributed by atoms with van der Waals surface area (Å²) in [6, 6.07) is 5.74. The van der Waals surface area contributed by atoms with E-state index < -0.39 is 5.97 Å². The molecule has 1 heterocycles. The summed E-state index contributed by atoms with van der Waals surface area (Å²) < 4.78 is 5.45. The molecule has 0 unspecified atom stereocenters. The fourth-order valence-electron chi connectivity index (χ4n) is 1.95. The molecule has 0 aliphatic carbocycles. The van der Waals surface area contributed by atoms with Gasteiger partial charge in [-0.05, 0) is 37.6 Å². The number of fused-ring (bicyclic) bond motifs is 1. The molecule has 94 valence electrons. The van der Waals surface area contributed by atoms with Crippen molar-refractivity contribution in [1.29, 1.82) is 0 Å². The zero-order valence-corrected chi connectivity index (χ0v) is 10.4. The van der Waals surface area contributed by atoms with Gasteiger partial charge in [-0.15, -0.1) is 0 Å². The molecule has 0 spiro atoms. The molecule has 2 N–H and O–H groups in total. The van der Waals surface area contributed by atoms with Gasteiger partial charge in [-0.2, -0.15) is 0 Å². The minimum atomic E-state index is -0.942. The number of hydrogen-bond donors (Lipinski definition) is 2. The monoisotopic (exact) mass is 245 g/mol. The van der Waals surface area contributed by atoms with Crippen molar-refractivity contribution < 1.29 is 14.6 Å². The Labute approximate surface area is 105 Å². The van der Waals surface area contributed by atoms with Crippen molar-refractivity contribution in [3.8, 4) is 5.75 Å². The molecule has 0 aliphatic heterocycles. The summed E-state index contributed by atoms with van der Waals surface area (Å²) in [4.78, 5) is 13.8. The van der Waals surface area contributed by atoms with Gasteiger partial charge in [0, 0.05) is 28.7 Å². The Morgan fingerprint density at radius 2 is 2.28 bits per heavy atom. The Morgan fingerprint density at radius 3 is 2.94 bits per heavy atom. The lowest BCUT2D eigenvalue weighted by atomic mass is 10.1. The topological polar surface area (TPSA) is 62.3 Å². The van der Waals surface area contributed by atoms with Crippen LogP contribution in [-0.4, -0.2) is 22.7 Å². The third-order valence-corrected chi connectivity index (χ3v) is 2.73. The molecule has 0 bridgehead atoms. The molecular formula is C14H15NO3. The lowest BCUT2D eigenvalue weighted by Gasteiger charge is -2.04. The van der Waals surface area contributed by atoms with Crippen LogP contribution >= 0.6 is 0 Å². The number of aromatic nitrogens is 1. The van der Waals surface area contributed by atoms with E-state index >= 15 is 0 Å². The van der Waals surface area contributed by atoms with E-state index in [1.54, 1.807) is 6.92 Å². The maximum atomic E-state index is 10.7. The van der Waals surface area contributed by atoms with Crippen LogP contribution < -0.4 is 4.74 Å². The Hall–Kier alpha value is -2.23. The molecule has 0 saturated heterocycles. The number of aliphatic carboxylic acids is 1. The van der Waals surface area contributed by atoms with Crippen LogP contribution in [0.5, 0.6) is 5.75 Å². The molecule has 18 heavy (non-hydrogen) atoms. The van der Waals surface area contributed by atoms with E-state index in [1.165, 1.54) is 6.08 Å². The number of aromatic amines is 1. The highest BCUT2D eigenvalue weighted by Crippen LogP contribution is 2.28. The van der Waals surface area contributed by atoms with Crippen molar-refractivity contribution in [3.63, 3.8) is 0 Å². The number of benzene rings is 1. The van der Waals surface area contributed by atoms with Gasteiger partial charge in [0.15, 0.2) is 0 Å². The maximum absolute atomic E-state index is 10.7. The smallest absolute Gasteiger partial charge is 0.328 e. The van der Waals surface area contributed by atoms with Gasteiger partial charge in [0.25, 0.3) is 0 Å². The SMILES string of the molecule is CCOc1ccc2[nH]cc(/C(C)=C/C(=O)O)c2c1. The van der Waals surface area contributed by atoms with Gasteiger partial charge >= 0.3 is 5.97 Å². The van der Waals surface area contributed by atoms with Crippen LogP contribution in [0.15, 0.2) is 30.5 Å².